The van der Waals surface area contributed by atoms with Crippen molar-refractivity contribution in [3.63, 3.8) is 0 Å². The van der Waals surface area contributed by atoms with E-state index in [1.807, 2.05) is 0 Å². The van der Waals surface area contributed by atoms with Crippen molar-refractivity contribution in [3.05, 3.63) is 28.8 Å². The molecule has 21 heavy (non-hydrogen) atoms. The highest BCUT2D eigenvalue weighted by atomic mass is 35.5. The van der Waals surface area contributed by atoms with E-state index in [0.29, 0.717) is 29.5 Å². The predicted molar refractivity (Wildman–Crippen MR) is 75.9 cm³/mol. The lowest BCUT2D eigenvalue weighted by Crippen LogP contribution is -2.49. The Balaban J connectivity index is 2.26. The number of benzene rings is 1. The first-order valence-electron chi connectivity index (χ1n) is 6.47. The highest BCUT2D eigenvalue weighted by molar-refractivity contribution is 6.30. The quantitative estimate of drug-likeness (QED) is 0.915. The van der Waals surface area contributed by atoms with E-state index in [-0.39, 0.29) is 18.9 Å². The summed E-state index contributed by atoms with van der Waals surface area (Å²) in [7, 11) is 1.45. The number of morpholine rings is 1. The fraction of sp³-hybridized carbons (Fsp3) is 0.429. The van der Waals surface area contributed by atoms with Crippen LogP contribution >= 0.6 is 11.6 Å². The average Bonchev–Trinajstić information content (AvgIpc) is 2.46. The molecule has 7 heteroatoms. The number of amides is 1. The maximum Gasteiger partial charge on any atom is 0.305 e. The van der Waals surface area contributed by atoms with Crippen LogP contribution in [0.15, 0.2) is 18.2 Å². The molecule has 1 aromatic rings. The minimum Gasteiger partial charge on any atom is -0.496 e. The van der Waals surface area contributed by atoms with E-state index in [1.54, 1.807) is 18.2 Å². The number of carbonyl (C=O) groups is 2. The van der Waals surface area contributed by atoms with Gasteiger partial charge < -0.3 is 19.5 Å². The van der Waals surface area contributed by atoms with Gasteiger partial charge in [0, 0.05) is 11.6 Å². The molecule has 1 unspecified atom stereocenters. The van der Waals surface area contributed by atoms with Crippen molar-refractivity contribution < 1.29 is 24.2 Å². The monoisotopic (exact) mass is 313 g/mol. The van der Waals surface area contributed by atoms with E-state index < -0.39 is 12.0 Å². The number of ether oxygens (including phenoxy) is 2. The summed E-state index contributed by atoms with van der Waals surface area (Å²) in [6.45, 7) is 0.953. The van der Waals surface area contributed by atoms with Gasteiger partial charge in [-0.25, -0.2) is 0 Å². The lowest BCUT2D eigenvalue weighted by molar-refractivity contribution is -0.139. The number of carboxylic acids is 1. The van der Waals surface area contributed by atoms with Crippen LogP contribution in [-0.2, 0) is 9.53 Å². The van der Waals surface area contributed by atoms with Crippen LogP contribution in [0.5, 0.6) is 5.75 Å². The number of aliphatic carboxylic acids is 1. The van der Waals surface area contributed by atoms with Crippen molar-refractivity contribution in [2.75, 3.05) is 26.9 Å². The van der Waals surface area contributed by atoms with Gasteiger partial charge in [0.1, 0.15) is 5.75 Å². The second-order valence-corrected chi connectivity index (χ2v) is 5.11. The van der Waals surface area contributed by atoms with Crippen molar-refractivity contribution in [1.82, 2.24) is 4.90 Å². The van der Waals surface area contributed by atoms with Gasteiger partial charge in [-0.05, 0) is 18.2 Å². The first-order chi connectivity index (χ1) is 10.0. The van der Waals surface area contributed by atoms with Gasteiger partial charge in [-0.15, -0.1) is 0 Å². The molecule has 1 aliphatic heterocycles. The third kappa shape index (κ3) is 3.65. The van der Waals surface area contributed by atoms with E-state index in [0.717, 1.165) is 0 Å². The molecule has 0 bridgehead atoms. The Morgan fingerprint density at radius 2 is 2.29 bits per heavy atom. The largest absolute Gasteiger partial charge is 0.496 e. The summed E-state index contributed by atoms with van der Waals surface area (Å²) >= 11 is 5.88. The molecule has 1 aromatic carbocycles. The van der Waals surface area contributed by atoms with Gasteiger partial charge >= 0.3 is 5.97 Å². The topological polar surface area (TPSA) is 76.1 Å². The fourth-order valence-corrected chi connectivity index (χ4v) is 2.45. The molecule has 1 atom stereocenters. The van der Waals surface area contributed by atoms with Crippen LogP contribution in [0.25, 0.3) is 0 Å². The Hall–Kier alpha value is -1.79. The second-order valence-electron chi connectivity index (χ2n) is 4.67. The summed E-state index contributed by atoms with van der Waals surface area (Å²) in [5, 5.41) is 9.40. The standard InChI is InChI=1S/C14H16ClNO5/c1-20-12-6-9(15)2-3-11(12)14(19)16-4-5-21-8-10(16)7-13(17)18/h2-3,6,10H,4-5,7-8H2,1H3,(H,17,18). The summed E-state index contributed by atoms with van der Waals surface area (Å²) in [5.41, 5.74) is 0.360. The number of hydrogen-bond donors (Lipinski definition) is 1. The van der Waals surface area contributed by atoms with Crippen molar-refractivity contribution in [3.8, 4) is 5.75 Å². The van der Waals surface area contributed by atoms with Gasteiger partial charge in [-0.1, -0.05) is 11.6 Å². The summed E-state index contributed by atoms with van der Waals surface area (Å²) in [6.07, 6.45) is -0.151. The molecule has 0 radical (unpaired) electrons. The van der Waals surface area contributed by atoms with E-state index in [9.17, 15) is 9.59 Å². The highest BCUT2D eigenvalue weighted by Gasteiger charge is 2.31. The van der Waals surface area contributed by atoms with Crippen molar-refractivity contribution in [1.29, 1.82) is 0 Å². The molecule has 6 nitrogen and oxygen atoms in total. The number of methoxy groups -OCH3 is 1. The Morgan fingerprint density at radius 1 is 1.52 bits per heavy atom. The van der Waals surface area contributed by atoms with Crippen LogP contribution in [0.4, 0.5) is 0 Å². The maximum atomic E-state index is 12.6. The lowest BCUT2D eigenvalue weighted by Gasteiger charge is -2.35. The Morgan fingerprint density at radius 3 is 2.95 bits per heavy atom. The molecule has 1 saturated heterocycles. The zero-order chi connectivity index (χ0) is 15.4. The van der Waals surface area contributed by atoms with Crippen LogP contribution in [0.3, 0.4) is 0 Å². The Bertz CT molecular complexity index is 548. The number of hydrogen-bond acceptors (Lipinski definition) is 4. The summed E-state index contributed by atoms with van der Waals surface area (Å²) in [4.78, 5) is 25.1. The van der Waals surface area contributed by atoms with Gasteiger partial charge in [-0.3, -0.25) is 9.59 Å². The number of rotatable bonds is 4. The first-order valence-corrected chi connectivity index (χ1v) is 6.84. The van der Waals surface area contributed by atoms with Gasteiger partial charge in [0.15, 0.2) is 0 Å². The van der Waals surface area contributed by atoms with E-state index in [1.165, 1.54) is 12.0 Å². The van der Waals surface area contributed by atoms with Crippen molar-refractivity contribution >= 4 is 23.5 Å². The van der Waals surface area contributed by atoms with Gasteiger partial charge in [0.25, 0.3) is 5.91 Å². The molecule has 1 fully saturated rings. The minimum absolute atomic E-state index is 0.151. The zero-order valence-corrected chi connectivity index (χ0v) is 12.3. The number of carboxylic acid groups (broad SMARTS) is 1. The third-order valence-corrected chi connectivity index (χ3v) is 3.53. The Labute approximate surface area is 127 Å². The molecular weight excluding hydrogens is 298 g/mol. The average molecular weight is 314 g/mol. The SMILES string of the molecule is COc1cc(Cl)ccc1C(=O)N1CCOCC1CC(=O)O. The molecule has 0 spiro atoms. The zero-order valence-electron chi connectivity index (χ0n) is 11.5. The van der Waals surface area contributed by atoms with Crippen LogP contribution in [0.1, 0.15) is 16.8 Å². The van der Waals surface area contributed by atoms with Gasteiger partial charge in [0.05, 0.1) is 38.3 Å². The van der Waals surface area contributed by atoms with E-state index in [4.69, 9.17) is 26.2 Å². The normalized spacial score (nSPS) is 18.4. The van der Waals surface area contributed by atoms with Crippen LogP contribution in [-0.4, -0.2) is 54.8 Å². The maximum absolute atomic E-state index is 12.6. The molecule has 1 heterocycles. The molecule has 0 aromatic heterocycles. The lowest BCUT2D eigenvalue weighted by atomic mass is 10.1. The first kappa shape index (κ1) is 15.6. The van der Waals surface area contributed by atoms with Crippen LogP contribution in [0.2, 0.25) is 5.02 Å². The number of halogens is 1. The fourth-order valence-electron chi connectivity index (χ4n) is 2.29. The molecule has 1 amide bonds. The van der Waals surface area contributed by atoms with Crippen molar-refractivity contribution in [2.45, 2.75) is 12.5 Å². The highest BCUT2D eigenvalue weighted by Crippen LogP contribution is 2.26. The third-order valence-electron chi connectivity index (χ3n) is 3.29. The van der Waals surface area contributed by atoms with Crippen LogP contribution in [0, 0.1) is 0 Å². The summed E-state index contributed by atoms with van der Waals surface area (Å²) < 4.78 is 10.4. The molecule has 0 saturated carbocycles. The molecule has 1 aliphatic rings. The number of nitrogens with zero attached hydrogens (tertiary/aromatic N) is 1. The minimum atomic E-state index is -0.966. The van der Waals surface area contributed by atoms with E-state index >= 15 is 0 Å². The summed E-state index contributed by atoms with van der Waals surface area (Å²) in [5.74, 6) is -0.877. The van der Waals surface area contributed by atoms with Gasteiger partial charge in [0.2, 0.25) is 0 Å². The predicted octanol–water partition coefficient (Wildman–Crippen LogP) is 1.66. The van der Waals surface area contributed by atoms with Crippen LogP contribution < -0.4 is 4.74 Å². The number of carbonyl (C=O) groups excluding carboxylic acids is 1. The molecule has 1 N–H and O–H groups in total. The molecule has 0 aliphatic carbocycles. The molecule has 114 valence electrons. The van der Waals surface area contributed by atoms with Crippen molar-refractivity contribution in [2.24, 2.45) is 0 Å². The van der Waals surface area contributed by atoms with Gasteiger partial charge in [-0.2, -0.15) is 0 Å². The smallest absolute Gasteiger partial charge is 0.305 e. The molecule has 2 rings (SSSR count). The van der Waals surface area contributed by atoms with E-state index in [2.05, 4.69) is 0 Å². The summed E-state index contributed by atoms with van der Waals surface area (Å²) in [6, 6.07) is 4.26. The Kier molecular flexibility index (Phi) is 5.03. The second kappa shape index (κ2) is 6.78. The molecular formula is C14H16ClNO5.